The summed E-state index contributed by atoms with van der Waals surface area (Å²) in [5, 5.41) is 0. The average molecular weight is 305 g/mol. The molecule has 1 fully saturated rings. The van der Waals surface area contributed by atoms with Crippen molar-refractivity contribution in [2.75, 3.05) is 7.11 Å². The number of hydrogen-bond acceptors (Lipinski definition) is 5. The lowest BCUT2D eigenvalue weighted by Crippen LogP contribution is -2.41. The van der Waals surface area contributed by atoms with E-state index in [4.69, 9.17) is 14.0 Å². The van der Waals surface area contributed by atoms with Gasteiger partial charge in [0.2, 0.25) is 0 Å². The molecule has 0 radical (unpaired) electrons. The van der Waals surface area contributed by atoms with E-state index in [2.05, 4.69) is 4.98 Å². The summed E-state index contributed by atoms with van der Waals surface area (Å²) in [6, 6.07) is 3.84. The van der Waals surface area contributed by atoms with E-state index in [1.165, 1.54) is 7.11 Å². The van der Waals surface area contributed by atoms with Gasteiger partial charge in [0.05, 0.1) is 24.7 Å². The summed E-state index contributed by atoms with van der Waals surface area (Å²) in [4.78, 5) is 16.3. The molecule has 2 rings (SSSR count). The second-order valence-electron chi connectivity index (χ2n) is 6.72. The van der Waals surface area contributed by atoms with Gasteiger partial charge in [-0.05, 0) is 46.2 Å². The Bertz CT molecular complexity index is 543. The number of carbonyl (C=O) groups excluding carboxylic acids is 1. The van der Waals surface area contributed by atoms with Crippen LogP contribution >= 0.6 is 0 Å². The molecule has 1 unspecified atom stereocenters. The van der Waals surface area contributed by atoms with E-state index in [0.29, 0.717) is 0 Å². The first-order valence-electron chi connectivity index (χ1n) is 7.52. The number of carbonyl (C=O) groups is 1. The molecule has 1 atom stereocenters. The Morgan fingerprint density at radius 1 is 1.32 bits per heavy atom. The summed E-state index contributed by atoms with van der Waals surface area (Å²) in [6.45, 7) is 9.94. The van der Waals surface area contributed by atoms with E-state index in [-0.39, 0.29) is 18.2 Å². The number of hydrogen-bond donors (Lipinski definition) is 0. The van der Waals surface area contributed by atoms with Crippen LogP contribution in [0.15, 0.2) is 18.3 Å². The third kappa shape index (κ3) is 3.18. The number of aromatic nitrogens is 1. The summed E-state index contributed by atoms with van der Waals surface area (Å²) < 4.78 is 17.0. The van der Waals surface area contributed by atoms with Crippen LogP contribution in [0, 0.1) is 6.92 Å². The zero-order valence-electron chi connectivity index (χ0n) is 14.2. The highest BCUT2D eigenvalue weighted by molar-refractivity contribution is 6.48. The number of esters is 1. The number of methoxy groups -OCH3 is 1. The normalized spacial score (nSPS) is 20.7. The monoisotopic (exact) mass is 305 g/mol. The van der Waals surface area contributed by atoms with Crippen molar-refractivity contribution in [1.82, 2.24) is 4.98 Å². The number of aryl methyl sites for hydroxylation is 1. The van der Waals surface area contributed by atoms with Crippen molar-refractivity contribution in [3.63, 3.8) is 0 Å². The van der Waals surface area contributed by atoms with Gasteiger partial charge in [0, 0.05) is 17.7 Å². The molecule has 0 aromatic carbocycles. The maximum absolute atomic E-state index is 11.8. The van der Waals surface area contributed by atoms with Gasteiger partial charge in [-0.25, -0.2) is 0 Å². The molecule has 120 valence electrons. The lowest BCUT2D eigenvalue weighted by atomic mass is 9.67. The first-order valence-corrected chi connectivity index (χ1v) is 7.52. The first kappa shape index (κ1) is 17.0. The Kier molecular flexibility index (Phi) is 4.63. The predicted octanol–water partition coefficient (Wildman–Crippen LogP) is 2.67. The smallest absolute Gasteiger partial charge is 0.468 e. The summed E-state index contributed by atoms with van der Waals surface area (Å²) in [5.74, 6) is -0.598. The number of rotatable bonds is 4. The van der Waals surface area contributed by atoms with Crippen LogP contribution in [0.5, 0.6) is 0 Å². The van der Waals surface area contributed by atoms with Crippen molar-refractivity contribution in [2.24, 2.45) is 0 Å². The van der Waals surface area contributed by atoms with Gasteiger partial charge in [0.25, 0.3) is 0 Å². The molecule has 0 amide bonds. The van der Waals surface area contributed by atoms with Gasteiger partial charge in [-0.2, -0.15) is 0 Å². The molecule has 0 N–H and O–H groups in total. The van der Waals surface area contributed by atoms with Crippen LogP contribution in [0.2, 0.25) is 0 Å². The Balaban J connectivity index is 2.35. The quantitative estimate of drug-likeness (QED) is 0.632. The average Bonchev–Trinajstić information content (AvgIpc) is 2.65. The highest BCUT2D eigenvalue weighted by Gasteiger charge is 2.54. The van der Waals surface area contributed by atoms with Gasteiger partial charge in [-0.15, -0.1) is 0 Å². The molecule has 1 aromatic rings. The summed E-state index contributed by atoms with van der Waals surface area (Å²) in [6.07, 6.45) is 1.89. The lowest BCUT2D eigenvalue weighted by molar-refractivity contribution is -0.140. The van der Waals surface area contributed by atoms with Crippen molar-refractivity contribution < 1.29 is 18.8 Å². The molecule has 1 aliphatic rings. The highest BCUT2D eigenvalue weighted by Crippen LogP contribution is 2.41. The minimum atomic E-state index is -0.530. The second kappa shape index (κ2) is 6.01. The molecular formula is C16H24BNO4. The van der Waals surface area contributed by atoms with Crippen molar-refractivity contribution in [3.05, 3.63) is 29.6 Å². The van der Waals surface area contributed by atoms with Gasteiger partial charge in [0.1, 0.15) is 0 Å². The standard InChI is InChI=1S/C16H24BNO4/c1-11-8-7-9-18-14(11)12(10-13(19)20-6)17-21-15(2,3)16(4,5)22-17/h7-9,12H,10H2,1-6H3. The van der Waals surface area contributed by atoms with E-state index in [0.717, 1.165) is 11.3 Å². The molecule has 1 aliphatic heterocycles. The lowest BCUT2D eigenvalue weighted by Gasteiger charge is -2.32. The highest BCUT2D eigenvalue weighted by atomic mass is 16.7. The van der Waals surface area contributed by atoms with E-state index >= 15 is 0 Å². The van der Waals surface area contributed by atoms with Crippen LogP contribution < -0.4 is 0 Å². The summed E-state index contributed by atoms with van der Waals surface area (Å²) >= 11 is 0. The Morgan fingerprint density at radius 2 is 1.91 bits per heavy atom. The molecule has 0 spiro atoms. The minimum Gasteiger partial charge on any atom is -0.469 e. The van der Waals surface area contributed by atoms with Crippen LogP contribution in [0.25, 0.3) is 0 Å². The maximum atomic E-state index is 11.8. The molecule has 0 saturated carbocycles. The van der Waals surface area contributed by atoms with Crippen LogP contribution in [0.4, 0.5) is 0 Å². The molecule has 1 saturated heterocycles. The molecule has 1 aromatic heterocycles. The number of nitrogens with zero attached hydrogens (tertiary/aromatic N) is 1. The molecule has 6 heteroatoms. The van der Waals surface area contributed by atoms with E-state index in [9.17, 15) is 4.79 Å². The van der Waals surface area contributed by atoms with E-state index < -0.39 is 18.3 Å². The fraction of sp³-hybridized carbons (Fsp3) is 0.625. The second-order valence-corrected chi connectivity index (χ2v) is 6.72. The fourth-order valence-corrected chi connectivity index (χ4v) is 2.52. The van der Waals surface area contributed by atoms with Crippen LogP contribution in [-0.4, -0.2) is 36.4 Å². The summed E-state index contributed by atoms with van der Waals surface area (Å²) in [7, 11) is 0.854. The van der Waals surface area contributed by atoms with Crippen molar-refractivity contribution in [1.29, 1.82) is 0 Å². The van der Waals surface area contributed by atoms with Gasteiger partial charge in [-0.3, -0.25) is 9.78 Å². The van der Waals surface area contributed by atoms with Crippen LogP contribution in [-0.2, 0) is 18.8 Å². The Morgan fingerprint density at radius 3 is 2.41 bits per heavy atom. The molecule has 0 bridgehead atoms. The largest absolute Gasteiger partial charge is 0.469 e. The fourth-order valence-electron chi connectivity index (χ4n) is 2.52. The number of pyridine rings is 1. The van der Waals surface area contributed by atoms with Gasteiger partial charge < -0.3 is 14.0 Å². The summed E-state index contributed by atoms with van der Waals surface area (Å²) in [5.41, 5.74) is 0.918. The maximum Gasteiger partial charge on any atom is 0.468 e. The van der Waals surface area contributed by atoms with E-state index in [1.807, 2.05) is 46.8 Å². The zero-order valence-corrected chi connectivity index (χ0v) is 14.2. The molecule has 5 nitrogen and oxygen atoms in total. The van der Waals surface area contributed by atoms with Crippen molar-refractivity contribution >= 4 is 13.1 Å². The molecule has 0 aliphatic carbocycles. The Labute approximate surface area is 132 Å². The Hall–Kier alpha value is -1.40. The third-order valence-corrected chi connectivity index (χ3v) is 4.62. The first-order chi connectivity index (χ1) is 10.2. The zero-order chi connectivity index (χ0) is 16.5. The van der Waals surface area contributed by atoms with Crippen molar-refractivity contribution in [2.45, 2.75) is 58.1 Å². The number of ether oxygens (including phenoxy) is 1. The third-order valence-electron chi connectivity index (χ3n) is 4.62. The van der Waals surface area contributed by atoms with Crippen molar-refractivity contribution in [3.8, 4) is 0 Å². The minimum absolute atomic E-state index is 0.172. The van der Waals surface area contributed by atoms with Gasteiger partial charge >= 0.3 is 13.1 Å². The van der Waals surface area contributed by atoms with Gasteiger partial charge in [-0.1, -0.05) is 6.07 Å². The predicted molar refractivity (Wildman–Crippen MR) is 84.4 cm³/mol. The SMILES string of the molecule is COC(=O)CC(B1OC(C)(C)C(C)(C)O1)c1ncccc1C. The van der Waals surface area contributed by atoms with Crippen LogP contribution in [0.3, 0.4) is 0 Å². The van der Waals surface area contributed by atoms with E-state index in [1.54, 1.807) is 6.20 Å². The molecular weight excluding hydrogens is 281 g/mol. The van der Waals surface area contributed by atoms with Crippen LogP contribution in [0.1, 0.15) is 51.2 Å². The molecule has 2 heterocycles. The molecule has 22 heavy (non-hydrogen) atoms. The van der Waals surface area contributed by atoms with Gasteiger partial charge in [0.15, 0.2) is 0 Å². The topological polar surface area (TPSA) is 57.7 Å².